The second-order valence-electron chi connectivity index (χ2n) is 4.22. The Bertz CT molecular complexity index is 522. The number of anilines is 1. The van der Waals surface area contributed by atoms with Gasteiger partial charge >= 0.3 is 0 Å². The van der Waals surface area contributed by atoms with Crippen LogP contribution in [0.1, 0.15) is 22.0 Å². The molecule has 0 bridgehead atoms. The van der Waals surface area contributed by atoms with Gasteiger partial charge in [-0.25, -0.2) is 9.97 Å². The van der Waals surface area contributed by atoms with Gasteiger partial charge in [-0.05, 0) is 11.4 Å². The molecule has 1 aliphatic rings. The van der Waals surface area contributed by atoms with Crippen LogP contribution in [-0.2, 0) is 24.2 Å². The Labute approximate surface area is 110 Å². The first-order valence-corrected chi connectivity index (χ1v) is 6.91. The van der Waals surface area contributed by atoms with Gasteiger partial charge in [0.15, 0.2) is 0 Å². The number of nitrogens with zero attached hydrogens (tertiary/aromatic N) is 2. The van der Waals surface area contributed by atoms with Gasteiger partial charge in [0.1, 0.15) is 11.6 Å². The van der Waals surface area contributed by atoms with Crippen molar-refractivity contribution in [1.82, 2.24) is 9.97 Å². The standard InChI is InChI=1S/C13H15N3OS/c1-14-13-10-8-17-5-4-11(10)15-12(16-13)7-9-3-2-6-18-9/h2-3,6H,4-5,7-8H2,1H3,(H,14,15,16). The van der Waals surface area contributed by atoms with Crippen molar-refractivity contribution in [3.05, 3.63) is 39.5 Å². The van der Waals surface area contributed by atoms with Gasteiger partial charge in [0.05, 0.1) is 18.9 Å². The number of thiophene rings is 1. The minimum Gasteiger partial charge on any atom is -0.376 e. The van der Waals surface area contributed by atoms with Gasteiger partial charge in [-0.2, -0.15) is 0 Å². The number of aromatic nitrogens is 2. The lowest BCUT2D eigenvalue weighted by molar-refractivity contribution is 0.109. The highest BCUT2D eigenvalue weighted by Gasteiger charge is 2.17. The third-order valence-corrected chi connectivity index (χ3v) is 3.89. The molecule has 0 fully saturated rings. The molecule has 5 heteroatoms. The van der Waals surface area contributed by atoms with E-state index in [9.17, 15) is 0 Å². The van der Waals surface area contributed by atoms with E-state index in [1.165, 1.54) is 4.88 Å². The smallest absolute Gasteiger partial charge is 0.136 e. The lowest BCUT2D eigenvalue weighted by Gasteiger charge is -2.19. The molecule has 3 rings (SSSR count). The molecular formula is C13H15N3OS. The first-order chi connectivity index (χ1) is 8.86. The van der Waals surface area contributed by atoms with Crippen LogP contribution in [0.5, 0.6) is 0 Å². The molecule has 2 aromatic rings. The van der Waals surface area contributed by atoms with Crippen LogP contribution in [0.15, 0.2) is 17.5 Å². The van der Waals surface area contributed by atoms with Crippen molar-refractivity contribution >= 4 is 17.2 Å². The van der Waals surface area contributed by atoms with Gasteiger partial charge in [-0.15, -0.1) is 11.3 Å². The lowest BCUT2D eigenvalue weighted by Crippen LogP contribution is -2.17. The fourth-order valence-electron chi connectivity index (χ4n) is 2.14. The molecule has 94 valence electrons. The number of nitrogens with one attached hydrogen (secondary N) is 1. The van der Waals surface area contributed by atoms with E-state index in [2.05, 4.69) is 32.8 Å². The van der Waals surface area contributed by atoms with E-state index in [1.807, 2.05) is 7.05 Å². The zero-order valence-corrected chi connectivity index (χ0v) is 11.1. The van der Waals surface area contributed by atoms with Gasteiger partial charge in [-0.3, -0.25) is 0 Å². The molecule has 0 saturated heterocycles. The summed E-state index contributed by atoms with van der Waals surface area (Å²) in [5, 5.41) is 5.23. The maximum atomic E-state index is 5.47. The fraction of sp³-hybridized carbons (Fsp3) is 0.385. The predicted octanol–water partition coefficient (Wildman–Crippen LogP) is 2.24. The number of hydrogen-bond acceptors (Lipinski definition) is 5. The molecule has 0 radical (unpaired) electrons. The second-order valence-corrected chi connectivity index (χ2v) is 5.25. The van der Waals surface area contributed by atoms with Crippen molar-refractivity contribution in [2.45, 2.75) is 19.4 Å². The first-order valence-electron chi connectivity index (χ1n) is 6.03. The summed E-state index contributed by atoms with van der Waals surface area (Å²) in [7, 11) is 1.89. The molecular weight excluding hydrogens is 246 g/mol. The molecule has 0 amide bonds. The van der Waals surface area contributed by atoms with E-state index < -0.39 is 0 Å². The summed E-state index contributed by atoms with van der Waals surface area (Å²) in [6, 6.07) is 4.18. The number of fused-ring (bicyclic) bond motifs is 1. The molecule has 0 atom stereocenters. The van der Waals surface area contributed by atoms with Crippen LogP contribution in [0.25, 0.3) is 0 Å². The number of rotatable bonds is 3. The molecule has 0 unspecified atom stereocenters. The molecule has 1 N–H and O–H groups in total. The Morgan fingerprint density at radius 3 is 3.17 bits per heavy atom. The summed E-state index contributed by atoms with van der Waals surface area (Å²) in [5.74, 6) is 1.80. The van der Waals surface area contributed by atoms with E-state index in [4.69, 9.17) is 4.74 Å². The monoisotopic (exact) mass is 261 g/mol. The van der Waals surface area contributed by atoms with E-state index in [1.54, 1.807) is 11.3 Å². The molecule has 0 saturated carbocycles. The van der Waals surface area contributed by atoms with Crippen LogP contribution in [0, 0.1) is 0 Å². The van der Waals surface area contributed by atoms with E-state index in [-0.39, 0.29) is 0 Å². The zero-order chi connectivity index (χ0) is 12.4. The first kappa shape index (κ1) is 11.6. The normalized spacial score (nSPS) is 14.3. The maximum Gasteiger partial charge on any atom is 0.136 e. The third kappa shape index (κ3) is 2.23. The molecule has 2 aromatic heterocycles. The molecule has 4 nitrogen and oxygen atoms in total. The fourth-order valence-corrected chi connectivity index (χ4v) is 2.84. The van der Waals surface area contributed by atoms with Crippen molar-refractivity contribution in [3.63, 3.8) is 0 Å². The van der Waals surface area contributed by atoms with Gasteiger partial charge in [0, 0.05) is 30.3 Å². The SMILES string of the molecule is CNc1nc(Cc2cccs2)nc2c1COCC2. The summed E-state index contributed by atoms with van der Waals surface area (Å²) in [4.78, 5) is 10.6. The molecule has 0 aliphatic carbocycles. The second kappa shape index (κ2) is 5.04. The largest absolute Gasteiger partial charge is 0.376 e. The Balaban J connectivity index is 1.95. The Morgan fingerprint density at radius 2 is 2.39 bits per heavy atom. The van der Waals surface area contributed by atoms with Crippen molar-refractivity contribution in [1.29, 1.82) is 0 Å². The van der Waals surface area contributed by atoms with Crippen LogP contribution in [-0.4, -0.2) is 23.6 Å². The van der Waals surface area contributed by atoms with Crippen molar-refractivity contribution < 1.29 is 4.74 Å². The highest BCUT2D eigenvalue weighted by atomic mass is 32.1. The third-order valence-electron chi connectivity index (χ3n) is 3.02. The molecule has 0 spiro atoms. The molecule has 18 heavy (non-hydrogen) atoms. The Hall–Kier alpha value is -1.46. The van der Waals surface area contributed by atoms with Crippen LogP contribution in [0.4, 0.5) is 5.82 Å². The maximum absolute atomic E-state index is 5.47. The molecule has 1 aliphatic heterocycles. The van der Waals surface area contributed by atoms with Crippen LogP contribution in [0.3, 0.4) is 0 Å². The summed E-state index contributed by atoms with van der Waals surface area (Å²) in [6.07, 6.45) is 1.68. The lowest BCUT2D eigenvalue weighted by atomic mass is 10.1. The minimum absolute atomic E-state index is 0.616. The average Bonchev–Trinajstić information content (AvgIpc) is 2.90. The quantitative estimate of drug-likeness (QED) is 0.920. The van der Waals surface area contributed by atoms with Gasteiger partial charge in [0.25, 0.3) is 0 Å². The topological polar surface area (TPSA) is 47.0 Å². The predicted molar refractivity (Wildman–Crippen MR) is 72.1 cm³/mol. The van der Waals surface area contributed by atoms with Crippen LogP contribution >= 0.6 is 11.3 Å². The zero-order valence-electron chi connectivity index (χ0n) is 10.3. The number of hydrogen-bond donors (Lipinski definition) is 1. The van der Waals surface area contributed by atoms with Crippen LogP contribution < -0.4 is 5.32 Å². The van der Waals surface area contributed by atoms with Crippen LogP contribution in [0.2, 0.25) is 0 Å². The summed E-state index contributed by atoms with van der Waals surface area (Å²) < 4.78 is 5.47. The highest BCUT2D eigenvalue weighted by Crippen LogP contribution is 2.23. The van der Waals surface area contributed by atoms with Crippen molar-refractivity contribution in [3.8, 4) is 0 Å². The summed E-state index contributed by atoms with van der Waals surface area (Å²) in [5.41, 5.74) is 2.24. The molecule has 3 heterocycles. The Kier molecular flexibility index (Phi) is 3.25. The molecule has 0 aromatic carbocycles. The summed E-state index contributed by atoms with van der Waals surface area (Å²) >= 11 is 1.74. The Morgan fingerprint density at radius 1 is 1.44 bits per heavy atom. The van der Waals surface area contributed by atoms with E-state index in [0.29, 0.717) is 6.61 Å². The minimum atomic E-state index is 0.616. The summed E-state index contributed by atoms with van der Waals surface area (Å²) in [6.45, 7) is 1.37. The highest BCUT2D eigenvalue weighted by molar-refractivity contribution is 7.09. The van der Waals surface area contributed by atoms with Crippen molar-refractivity contribution in [2.24, 2.45) is 0 Å². The number of ether oxygens (including phenoxy) is 1. The van der Waals surface area contributed by atoms with E-state index in [0.717, 1.165) is 42.3 Å². The van der Waals surface area contributed by atoms with Gasteiger partial charge in [0.2, 0.25) is 0 Å². The average molecular weight is 261 g/mol. The van der Waals surface area contributed by atoms with E-state index >= 15 is 0 Å². The van der Waals surface area contributed by atoms with Gasteiger partial charge in [-0.1, -0.05) is 6.07 Å². The van der Waals surface area contributed by atoms with Gasteiger partial charge < -0.3 is 10.1 Å². The van der Waals surface area contributed by atoms with Crippen molar-refractivity contribution in [2.75, 3.05) is 19.0 Å².